The average Bonchev–Trinajstić information content (AvgIpc) is 2.46. The molecule has 2 fully saturated rings. The van der Waals surface area contributed by atoms with Crippen molar-refractivity contribution >= 4 is 5.91 Å². The maximum absolute atomic E-state index is 12.8. The molecule has 3 unspecified atom stereocenters. The largest absolute Gasteiger partial charge is 0.338 e. The van der Waals surface area contributed by atoms with Crippen LogP contribution in [0.4, 0.5) is 0 Å². The maximum atomic E-state index is 12.8. The third kappa shape index (κ3) is 3.55. The number of hydrogen-bond donors (Lipinski definition) is 1. The first-order chi connectivity index (χ1) is 9.65. The maximum Gasteiger partial charge on any atom is 0.239 e. The van der Waals surface area contributed by atoms with E-state index in [1.807, 2.05) is 0 Å². The van der Waals surface area contributed by atoms with Gasteiger partial charge in [0.05, 0.1) is 6.04 Å². The summed E-state index contributed by atoms with van der Waals surface area (Å²) in [6.45, 7) is 8.75. The highest BCUT2D eigenvalue weighted by Gasteiger charge is 2.38. The molecule has 0 spiro atoms. The first kappa shape index (κ1) is 15.8. The lowest BCUT2D eigenvalue weighted by atomic mass is 9.76. The van der Waals surface area contributed by atoms with Crippen LogP contribution in [0.25, 0.3) is 0 Å². The Bertz CT molecular complexity index is 316. The second-order valence-electron chi connectivity index (χ2n) is 6.94. The monoisotopic (exact) mass is 280 g/mol. The SMILES string of the molecule is CCCNC1CCCN(C2CCCCC2C(C)C)C1=O. The van der Waals surface area contributed by atoms with Gasteiger partial charge in [-0.2, -0.15) is 0 Å². The minimum Gasteiger partial charge on any atom is -0.338 e. The highest BCUT2D eigenvalue weighted by Crippen LogP contribution is 2.35. The Morgan fingerprint density at radius 3 is 2.65 bits per heavy atom. The van der Waals surface area contributed by atoms with Gasteiger partial charge in [0, 0.05) is 12.6 Å². The molecule has 1 saturated heterocycles. The molecule has 1 heterocycles. The third-order valence-corrected chi connectivity index (χ3v) is 5.15. The van der Waals surface area contributed by atoms with Crippen LogP contribution >= 0.6 is 0 Å². The number of carbonyl (C=O) groups is 1. The van der Waals surface area contributed by atoms with Gasteiger partial charge in [-0.25, -0.2) is 0 Å². The predicted molar refractivity (Wildman–Crippen MR) is 83.6 cm³/mol. The molecular weight excluding hydrogens is 248 g/mol. The number of carbonyl (C=O) groups excluding carboxylic acids is 1. The molecule has 1 aliphatic carbocycles. The van der Waals surface area contributed by atoms with Gasteiger partial charge in [0.15, 0.2) is 0 Å². The van der Waals surface area contributed by atoms with Crippen molar-refractivity contribution in [2.75, 3.05) is 13.1 Å². The summed E-state index contributed by atoms with van der Waals surface area (Å²) in [5.74, 6) is 1.77. The molecule has 20 heavy (non-hydrogen) atoms. The van der Waals surface area contributed by atoms with E-state index in [-0.39, 0.29) is 6.04 Å². The Kier molecular flexibility index (Phi) is 5.88. The van der Waals surface area contributed by atoms with Crippen molar-refractivity contribution in [3.8, 4) is 0 Å². The summed E-state index contributed by atoms with van der Waals surface area (Å²) in [6, 6.07) is 0.584. The lowest BCUT2D eigenvalue weighted by molar-refractivity contribution is -0.141. The van der Waals surface area contributed by atoms with Crippen molar-refractivity contribution in [3.63, 3.8) is 0 Å². The molecule has 116 valence electrons. The van der Waals surface area contributed by atoms with E-state index in [4.69, 9.17) is 0 Å². The zero-order chi connectivity index (χ0) is 14.5. The zero-order valence-electron chi connectivity index (χ0n) is 13.5. The molecule has 2 aliphatic rings. The molecule has 0 radical (unpaired) electrons. The Morgan fingerprint density at radius 2 is 1.95 bits per heavy atom. The highest BCUT2D eigenvalue weighted by molar-refractivity contribution is 5.83. The van der Waals surface area contributed by atoms with Gasteiger partial charge < -0.3 is 10.2 Å². The molecule has 3 atom stereocenters. The summed E-state index contributed by atoms with van der Waals surface area (Å²) in [4.78, 5) is 15.0. The molecule has 2 rings (SSSR count). The fourth-order valence-corrected chi connectivity index (χ4v) is 4.04. The van der Waals surface area contributed by atoms with Gasteiger partial charge in [-0.3, -0.25) is 4.79 Å². The van der Waals surface area contributed by atoms with Crippen LogP contribution in [0.1, 0.15) is 65.7 Å². The molecule has 0 aromatic heterocycles. The second-order valence-corrected chi connectivity index (χ2v) is 6.94. The third-order valence-electron chi connectivity index (χ3n) is 5.15. The fraction of sp³-hybridized carbons (Fsp3) is 0.941. The van der Waals surface area contributed by atoms with E-state index in [0.717, 1.165) is 32.4 Å². The van der Waals surface area contributed by atoms with Crippen LogP contribution in [-0.2, 0) is 4.79 Å². The Balaban J connectivity index is 2.03. The Hall–Kier alpha value is -0.570. The van der Waals surface area contributed by atoms with E-state index in [1.165, 1.54) is 25.7 Å². The van der Waals surface area contributed by atoms with Crippen molar-refractivity contribution < 1.29 is 4.79 Å². The van der Waals surface area contributed by atoms with Crippen LogP contribution in [0.5, 0.6) is 0 Å². The quantitative estimate of drug-likeness (QED) is 0.839. The van der Waals surface area contributed by atoms with Crippen LogP contribution in [-0.4, -0.2) is 36.0 Å². The van der Waals surface area contributed by atoms with Crippen molar-refractivity contribution in [2.24, 2.45) is 11.8 Å². The summed E-state index contributed by atoms with van der Waals surface area (Å²) >= 11 is 0. The van der Waals surface area contributed by atoms with Gasteiger partial charge in [0.25, 0.3) is 0 Å². The van der Waals surface area contributed by atoms with E-state index in [0.29, 0.717) is 23.8 Å². The van der Waals surface area contributed by atoms with Crippen molar-refractivity contribution in [2.45, 2.75) is 77.8 Å². The molecule has 1 aliphatic heterocycles. The lowest BCUT2D eigenvalue weighted by Crippen LogP contribution is -2.57. The molecular formula is C17H32N2O. The number of likely N-dealkylation sites (tertiary alicyclic amines) is 1. The zero-order valence-corrected chi connectivity index (χ0v) is 13.5. The van der Waals surface area contributed by atoms with E-state index >= 15 is 0 Å². The van der Waals surface area contributed by atoms with Gasteiger partial charge in [-0.05, 0) is 50.5 Å². The van der Waals surface area contributed by atoms with E-state index in [2.05, 4.69) is 31.0 Å². The number of nitrogens with one attached hydrogen (secondary N) is 1. The molecule has 1 N–H and O–H groups in total. The highest BCUT2D eigenvalue weighted by atomic mass is 16.2. The molecule has 1 amide bonds. The Labute approximate surface area is 124 Å². The molecule has 3 heteroatoms. The Morgan fingerprint density at radius 1 is 1.20 bits per heavy atom. The molecule has 0 bridgehead atoms. The predicted octanol–water partition coefficient (Wildman–Crippen LogP) is 3.19. The summed E-state index contributed by atoms with van der Waals surface area (Å²) < 4.78 is 0. The molecule has 3 nitrogen and oxygen atoms in total. The van der Waals surface area contributed by atoms with Gasteiger partial charge >= 0.3 is 0 Å². The second kappa shape index (κ2) is 7.44. The summed E-state index contributed by atoms with van der Waals surface area (Å²) in [5.41, 5.74) is 0. The number of nitrogens with zero attached hydrogens (tertiary/aromatic N) is 1. The minimum absolute atomic E-state index is 0.0819. The van der Waals surface area contributed by atoms with Crippen LogP contribution in [0.3, 0.4) is 0 Å². The standard InChI is InChI=1S/C17H32N2O/c1-4-11-18-15-9-7-12-19(17(15)20)16-10-6-5-8-14(16)13(2)3/h13-16,18H,4-12H2,1-3H3. The molecule has 1 saturated carbocycles. The van der Waals surface area contributed by atoms with Gasteiger partial charge in [-0.15, -0.1) is 0 Å². The van der Waals surface area contributed by atoms with Crippen LogP contribution < -0.4 is 5.32 Å². The van der Waals surface area contributed by atoms with Gasteiger partial charge in [0.2, 0.25) is 5.91 Å². The van der Waals surface area contributed by atoms with Gasteiger partial charge in [0.1, 0.15) is 0 Å². The average molecular weight is 280 g/mol. The summed E-state index contributed by atoms with van der Waals surface area (Å²) in [7, 11) is 0. The van der Waals surface area contributed by atoms with Crippen LogP contribution in [0.15, 0.2) is 0 Å². The fourth-order valence-electron chi connectivity index (χ4n) is 4.04. The van der Waals surface area contributed by atoms with Crippen molar-refractivity contribution in [3.05, 3.63) is 0 Å². The number of hydrogen-bond acceptors (Lipinski definition) is 2. The van der Waals surface area contributed by atoms with E-state index in [1.54, 1.807) is 0 Å². The number of piperidine rings is 1. The summed E-state index contributed by atoms with van der Waals surface area (Å²) in [6.07, 6.45) is 8.45. The molecule has 0 aromatic rings. The summed E-state index contributed by atoms with van der Waals surface area (Å²) in [5, 5.41) is 3.44. The minimum atomic E-state index is 0.0819. The van der Waals surface area contributed by atoms with Gasteiger partial charge in [-0.1, -0.05) is 33.6 Å². The molecule has 0 aromatic carbocycles. The van der Waals surface area contributed by atoms with Crippen molar-refractivity contribution in [1.82, 2.24) is 10.2 Å². The first-order valence-corrected chi connectivity index (χ1v) is 8.69. The number of rotatable bonds is 5. The van der Waals surface area contributed by atoms with Crippen LogP contribution in [0, 0.1) is 11.8 Å². The normalized spacial score (nSPS) is 31.9. The van der Waals surface area contributed by atoms with Crippen LogP contribution in [0.2, 0.25) is 0 Å². The topological polar surface area (TPSA) is 32.3 Å². The van der Waals surface area contributed by atoms with E-state index < -0.39 is 0 Å². The number of amides is 1. The first-order valence-electron chi connectivity index (χ1n) is 8.69. The lowest BCUT2D eigenvalue weighted by Gasteiger charge is -2.45. The van der Waals surface area contributed by atoms with Crippen molar-refractivity contribution in [1.29, 1.82) is 0 Å². The van der Waals surface area contributed by atoms with E-state index in [9.17, 15) is 4.79 Å². The smallest absolute Gasteiger partial charge is 0.239 e.